The van der Waals surface area contributed by atoms with E-state index in [1.807, 2.05) is 42.5 Å². The summed E-state index contributed by atoms with van der Waals surface area (Å²) >= 11 is 0. The van der Waals surface area contributed by atoms with E-state index in [0.717, 1.165) is 12.0 Å². The van der Waals surface area contributed by atoms with Gasteiger partial charge in [-0.1, -0.05) is 66.7 Å². The highest BCUT2D eigenvalue weighted by molar-refractivity contribution is 5.46. The van der Waals surface area contributed by atoms with E-state index in [2.05, 4.69) is 5.32 Å². The molecule has 1 N–H and O–H groups in total. The van der Waals surface area contributed by atoms with Gasteiger partial charge in [0.15, 0.2) is 0 Å². The molecule has 25 heavy (non-hydrogen) atoms. The summed E-state index contributed by atoms with van der Waals surface area (Å²) in [5.74, 6) is -0.690. The van der Waals surface area contributed by atoms with Crippen molar-refractivity contribution in [1.82, 2.24) is 5.32 Å². The number of benzene rings is 3. The first-order chi connectivity index (χ1) is 12.2. The van der Waals surface area contributed by atoms with E-state index in [1.54, 1.807) is 24.3 Å². The maximum absolute atomic E-state index is 14.8. The predicted molar refractivity (Wildman–Crippen MR) is 95.4 cm³/mol. The van der Waals surface area contributed by atoms with Gasteiger partial charge in [-0.2, -0.15) is 0 Å². The van der Waals surface area contributed by atoms with Crippen LogP contribution in [-0.2, 0) is 5.54 Å². The second-order valence-corrected chi connectivity index (χ2v) is 6.45. The molecule has 1 saturated heterocycles. The van der Waals surface area contributed by atoms with Crippen LogP contribution in [-0.4, -0.2) is 6.54 Å². The fourth-order valence-corrected chi connectivity index (χ4v) is 4.13. The van der Waals surface area contributed by atoms with Crippen LogP contribution < -0.4 is 5.32 Å². The average Bonchev–Trinajstić information content (AvgIpc) is 3.09. The maximum atomic E-state index is 14.8. The zero-order chi connectivity index (χ0) is 17.3. The van der Waals surface area contributed by atoms with Crippen molar-refractivity contribution < 1.29 is 8.78 Å². The van der Waals surface area contributed by atoms with Crippen LogP contribution in [0.2, 0.25) is 0 Å². The first-order valence-electron chi connectivity index (χ1n) is 8.53. The Labute approximate surface area is 146 Å². The Morgan fingerprint density at radius 3 is 1.80 bits per heavy atom. The van der Waals surface area contributed by atoms with Gasteiger partial charge >= 0.3 is 0 Å². The molecule has 0 radical (unpaired) electrons. The van der Waals surface area contributed by atoms with Crippen LogP contribution in [0.15, 0.2) is 78.9 Å². The number of rotatable bonds is 3. The monoisotopic (exact) mass is 335 g/mol. The molecule has 4 rings (SSSR count). The summed E-state index contributed by atoms with van der Waals surface area (Å²) in [6.07, 6.45) is 0.812. The Morgan fingerprint density at radius 1 is 0.720 bits per heavy atom. The number of hydrogen-bond acceptors (Lipinski definition) is 1. The summed E-state index contributed by atoms with van der Waals surface area (Å²) < 4.78 is 29.7. The van der Waals surface area contributed by atoms with Crippen molar-refractivity contribution >= 4 is 0 Å². The largest absolute Gasteiger partial charge is 0.303 e. The van der Waals surface area contributed by atoms with Gasteiger partial charge in [0.2, 0.25) is 0 Å². The van der Waals surface area contributed by atoms with E-state index in [4.69, 9.17) is 0 Å². The lowest BCUT2D eigenvalue weighted by Gasteiger charge is -2.37. The Bertz CT molecular complexity index is 830. The number of halogens is 2. The van der Waals surface area contributed by atoms with Crippen molar-refractivity contribution in [3.8, 4) is 0 Å². The summed E-state index contributed by atoms with van der Waals surface area (Å²) in [7, 11) is 0. The first-order valence-corrected chi connectivity index (χ1v) is 8.53. The molecule has 1 fully saturated rings. The molecule has 126 valence electrons. The van der Waals surface area contributed by atoms with Gasteiger partial charge in [0.05, 0.1) is 5.54 Å². The normalized spacial score (nSPS) is 19.0. The van der Waals surface area contributed by atoms with Crippen molar-refractivity contribution in [2.75, 3.05) is 6.54 Å². The van der Waals surface area contributed by atoms with Gasteiger partial charge in [-0.25, -0.2) is 8.78 Å². The lowest BCUT2D eigenvalue weighted by atomic mass is 9.71. The molecule has 3 aromatic rings. The molecule has 1 aliphatic rings. The first kappa shape index (κ1) is 16.0. The summed E-state index contributed by atoms with van der Waals surface area (Å²) in [4.78, 5) is 0. The van der Waals surface area contributed by atoms with E-state index in [9.17, 15) is 8.78 Å². The third-order valence-corrected chi connectivity index (χ3v) is 5.16. The molecule has 0 bridgehead atoms. The van der Waals surface area contributed by atoms with Crippen LogP contribution in [0.1, 0.15) is 29.0 Å². The van der Waals surface area contributed by atoms with Crippen LogP contribution in [0.5, 0.6) is 0 Å². The molecule has 3 heteroatoms. The highest BCUT2D eigenvalue weighted by Gasteiger charge is 2.48. The van der Waals surface area contributed by atoms with Crippen LogP contribution >= 0.6 is 0 Å². The van der Waals surface area contributed by atoms with Gasteiger partial charge in [-0.05, 0) is 30.7 Å². The average molecular weight is 335 g/mol. The van der Waals surface area contributed by atoms with Gasteiger partial charge in [0.1, 0.15) is 11.6 Å². The molecule has 0 aliphatic carbocycles. The molecule has 0 amide bonds. The summed E-state index contributed by atoms with van der Waals surface area (Å²) in [5.41, 5.74) is 1.15. The second kappa shape index (κ2) is 6.41. The SMILES string of the molecule is Fc1ccccc1C1(c2ccccc2F)NCC[C@H]1c1ccccc1. The maximum Gasteiger partial charge on any atom is 0.128 e. The molecular formula is C22H19F2N. The van der Waals surface area contributed by atoms with E-state index in [1.165, 1.54) is 12.1 Å². The predicted octanol–water partition coefficient (Wildman–Crippen LogP) is 4.99. The second-order valence-electron chi connectivity index (χ2n) is 6.45. The number of nitrogens with one attached hydrogen (secondary N) is 1. The minimum Gasteiger partial charge on any atom is -0.303 e. The Hall–Kier alpha value is -2.52. The van der Waals surface area contributed by atoms with Crippen molar-refractivity contribution in [3.05, 3.63) is 107 Å². The zero-order valence-corrected chi connectivity index (χ0v) is 13.8. The molecule has 1 aliphatic heterocycles. The lowest BCUT2D eigenvalue weighted by Crippen LogP contribution is -2.43. The third kappa shape index (κ3) is 2.56. The molecule has 0 saturated carbocycles. The topological polar surface area (TPSA) is 12.0 Å². The van der Waals surface area contributed by atoms with Gasteiger partial charge in [0, 0.05) is 17.0 Å². The van der Waals surface area contributed by atoms with E-state index in [0.29, 0.717) is 17.7 Å². The van der Waals surface area contributed by atoms with Crippen molar-refractivity contribution in [3.63, 3.8) is 0 Å². The Kier molecular flexibility index (Phi) is 4.10. The quantitative estimate of drug-likeness (QED) is 0.711. The van der Waals surface area contributed by atoms with E-state index in [-0.39, 0.29) is 17.6 Å². The molecule has 0 unspecified atom stereocenters. The van der Waals surface area contributed by atoms with Crippen LogP contribution in [0.25, 0.3) is 0 Å². The molecule has 1 heterocycles. The summed E-state index contributed by atoms with van der Waals surface area (Å²) in [6.45, 7) is 0.697. The van der Waals surface area contributed by atoms with E-state index >= 15 is 0 Å². The minimum atomic E-state index is -0.919. The minimum absolute atomic E-state index is 0.0532. The standard InChI is InChI=1S/C22H19F2N/c23-20-12-6-4-10-18(20)22(19-11-5-7-13-21(19)24)17(14-15-25-22)16-8-2-1-3-9-16/h1-13,17,25H,14-15H2/t17-/m0/s1. The number of hydrogen-bond donors (Lipinski definition) is 1. The molecule has 0 aromatic heterocycles. The van der Waals surface area contributed by atoms with E-state index < -0.39 is 5.54 Å². The summed E-state index contributed by atoms with van der Waals surface area (Å²) in [6, 6.07) is 23.3. The lowest BCUT2D eigenvalue weighted by molar-refractivity contribution is 0.385. The molecule has 1 atom stereocenters. The molecule has 3 aromatic carbocycles. The highest BCUT2D eigenvalue weighted by atomic mass is 19.1. The molecular weight excluding hydrogens is 316 g/mol. The third-order valence-electron chi connectivity index (χ3n) is 5.16. The fourth-order valence-electron chi connectivity index (χ4n) is 4.13. The van der Waals surface area contributed by atoms with Gasteiger partial charge in [-0.3, -0.25) is 0 Å². The molecule has 0 spiro atoms. The van der Waals surface area contributed by atoms with Gasteiger partial charge < -0.3 is 5.32 Å². The van der Waals surface area contributed by atoms with Crippen LogP contribution in [0.4, 0.5) is 8.78 Å². The molecule has 1 nitrogen and oxygen atoms in total. The van der Waals surface area contributed by atoms with Crippen LogP contribution in [0, 0.1) is 11.6 Å². The summed E-state index contributed by atoms with van der Waals surface area (Å²) in [5, 5.41) is 3.45. The van der Waals surface area contributed by atoms with Gasteiger partial charge in [-0.15, -0.1) is 0 Å². The van der Waals surface area contributed by atoms with Gasteiger partial charge in [0.25, 0.3) is 0 Å². The van der Waals surface area contributed by atoms with Crippen molar-refractivity contribution in [2.45, 2.75) is 17.9 Å². The smallest absolute Gasteiger partial charge is 0.128 e. The Balaban J connectivity index is 2.00. The highest BCUT2D eigenvalue weighted by Crippen LogP contribution is 2.49. The van der Waals surface area contributed by atoms with Crippen LogP contribution in [0.3, 0.4) is 0 Å². The fraction of sp³-hybridized carbons (Fsp3) is 0.182. The Morgan fingerprint density at radius 2 is 1.24 bits per heavy atom. The zero-order valence-electron chi connectivity index (χ0n) is 13.8. The van der Waals surface area contributed by atoms with Crippen molar-refractivity contribution in [1.29, 1.82) is 0 Å². The van der Waals surface area contributed by atoms with Crippen molar-refractivity contribution in [2.24, 2.45) is 0 Å².